The molecule has 1 heterocycles. The van der Waals surface area contributed by atoms with Crippen molar-refractivity contribution in [3.05, 3.63) is 40.2 Å². The molecule has 2 N–H and O–H groups in total. The van der Waals surface area contributed by atoms with Crippen LogP contribution in [0.3, 0.4) is 0 Å². The number of aromatic nitrogens is 1. The first-order valence-corrected chi connectivity index (χ1v) is 6.99. The van der Waals surface area contributed by atoms with E-state index < -0.39 is 0 Å². The van der Waals surface area contributed by atoms with E-state index in [9.17, 15) is 9.59 Å². The number of amides is 1. The van der Waals surface area contributed by atoms with Crippen LogP contribution in [0, 0.1) is 0 Å². The van der Waals surface area contributed by atoms with Crippen LogP contribution < -0.4 is 15.6 Å². The van der Waals surface area contributed by atoms with Gasteiger partial charge in [-0.1, -0.05) is 0 Å². The number of carbonyl (C=O) groups is 1. The minimum absolute atomic E-state index is 0.0462. The summed E-state index contributed by atoms with van der Waals surface area (Å²) in [5.41, 5.74) is 1.22. The normalized spacial score (nSPS) is 10.9. The van der Waals surface area contributed by atoms with E-state index in [0.717, 1.165) is 16.7 Å². The van der Waals surface area contributed by atoms with E-state index in [-0.39, 0.29) is 17.5 Å². The lowest BCUT2D eigenvalue weighted by atomic mass is 10.1. The molecule has 0 fully saturated rings. The second-order valence-electron chi connectivity index (χ2n) is 5.30. The van der Waals surface area contributed by atoms with Crippen molar-refractivity contribution < 1.29 is 9.53 Å². The van der Waals surface area contributed by atoms with Crippen molar-refractivity contribution in [1.82, 2.24) is 10.3 Å². The third-order valence-corrected chi connectivity index (χ3v) is 3.20. The van der Waals surface area contributed by atoms with Gasteiger partial charge in [0.1, 0.15) is 5.75 Å². The molecule has 2 rings (SSSR count). The highest BCUT2D eigenvalue weighted by Crippen LogP contribution is 2.19. The van der Waals surface area contributed by atoms with Crippen LogP contribution in [0.5, 0.6) is 5.75 Å². The van der Waals surface area contributed by atoms with Crippen molar-refractivity contribution in [2.75, 3.05) is 7.11 Å². The summed E-state index contributed by atoms with van der Waals surface area (Å²) in [6.07, 6.45) is 0.720. The fraction of sp³-hybridized carbons (Fsp3) is 0.375. The van der Waals surface area contributed by atoms with Gasteiger partial charge in [-0.15, -0.1) is 0 Å². The smallest absolute Gasteiger partial charge is 0.251 e. The molecule has 0 bridgehead atoms. The molecular formula is C16H20N2O3. The maximum absolute atomic E-state index is 12.0. The Balaban J connectivity index is 2.21. The van der Waals surface area contributed by atoms with Crippen LogP contribution in [0.15, 0.2) is 29.1 Å². The zero-order valence-electron chi connectivity index (χ0n) is 12.5. The maximum Gasteiger partial charge on any atom is 0.251 e. The Hall–Kier alpha value is -2.30. The molecule has 1 aromatic heterocycles. The molecule has 0 unspecified atom stereocenters. The number of carbonyl (C=O) groups excluding carboxylic acids is 1. The summed E-state index contributed by atoms with van der Waals surface area (Å²) < 4.78 is 5.18. The molecule has 0 spiro atoms. The average Bonchev–Trinajstić information content (AvgIpc) is 2.43. The Kier molecular flexibility index (Phi) is 4.62. The number of nitrogens with one attached hydrogen (secondary N) is 2. The Labute approximate surface area is 123 Å². The third-order valence-electron chi connectivity index (χ3n) is 3.20. The van der Waals surface area contributed by atoms with Crippen molar-refractivity contribution in [1.29, 1.82) is 0 Å². The van der Waals surface area contributed by atoms with Gasteiger partial charge >= 0.3 is 0 Å². The topological polar surface area (TPSA) is 71.2 Å². The van der Waals surface area contributed by atoms with Gasteiger partial charge in [-0.25, -0.2) is 0 Å². The van der Waals surface area contributed by atoms with Gasteiger partial charge < -0.3 is 15.0 Å². The number of fused-ring (bicyclic) bond motifs is 1. The van der Waals surface area contributed by atoms with Crippen molar-refractivity contribution in [2.24, 2.45) is 0 Å². The molecule has 0 aliphatic heterocycles. The summed E-state index contributed by atoms with van der Waals surface area (Å²) in [7, 11) is 1.60. The zero-order valence-corrected chi connectivity index (χ0v) is 12.5. The van der Waals surface area contributed by atoms with Crippen molar-refractivity contribution >= 4 is 16.8 Å². The van der Waals surface area contributed by atoms with E-state index in [4.69, 9.17) is 4.74 Å². The first-order chi connectivity index (χ1) is 9.99. The van der Waals surface area contributed by atoms with Crippen molar-refractivity contribution in [2.45, 2.75) is 32.7 Å². The molecule has 0 aliphatic rings. The molecule has 0 aliphatic carbocycles. The predicted octanol–water partition coefficient (Wildman–Crippen LogP) is 1.99. The molecule has 5 heteroatoms. The number of H-pyrrole nitrogens is 1. The SMILES string of the molecule is COc1ccc2[nH]c(=O)c(CCC(=O)NC(C)C)cc2c1. The summed E-state index contributed by atoms with van der Waals surface area (Å²) in [6, 6.07) is 7.40. The molecule has 0 saturated heterocycles. The van der Waals surface area contributed by atoms with Gasteiger partial charge in [0.25, 0.3) is 5.56 Å². The zero-order chi connectivity index (χ0) is 15.4. The standard InChI is InChI=1S/C16H20N2O3/c1-10(2)17-15(19)7-4-11-8-12-9-13(21-3)5-6-14(12)18-16(11)20/h5-6,8-10H,4,7H2,1-3H3,(H,17,19)(H,18,20). The van der Waals surface area contributed by atoms with Gasteiger partial charge in [0.15, 0.2) is 0 Å². The Bertz CT molecular complexity index is 704. The van der Waals surface area contributed by atoms with Crippen LogP contribution in [0.1, 0.15) is 25.8 Å². The van der Waals surface area contributed by atoms with E-state index in [0.29, 0.717) is 18.4 Å². The van der Waals surface area contributed by atoms with Gasteiger partial charge in [-0.3, -0.25) is 9.59 Å². The molecule has 1 amide bonds. The highest BCUT2D eigenvalue weighted by molar-refractivity contribution is 5.81. The molecule has 5 nitrogen and oxygen atoms in total. The lowest BCUT2D eigenvalue weighted by Crippen LogP contribution is -2.30. The Morgan fingerprint density at radius 3 is 2.76 bits per heavy atom. The molecule has 0 radical (unpaired) electrons. The molecular weight excluding hydrogens is 268 g/mol. The highest BCUT2D eigenvalue weighted by Gasteiger charge is 2.08. The van der Waals surface area contributed by atoms with Crippen LogP contribution in [-0.4, -0.2) is 24.0 Å². The van der Waals surface area contributed by atoms with E-state index in [1.165, 1.54) is 0 Å². The number of rotatable bonds is 5. The van der Waals surface area contributed by atoms with E-state index >= 15 is 0 Å². The Morgan fingerprint density at radius 1 is 1.33 bits per heavy atom. The fourth-order valence-corrected chi connectivity index (χ4v) is 2.18. The lowest BCUT2D eigenvalue weighted by Gasteiger charge is -2.08. The second-order valence-corrected chi connectivity index (χ2v) is 5.30. The summed E-state index contributed by atoms with van der Waals surface area (Å²) in [4.78, 5) is 26.5. The van der Waals surface area contributed by atoms with Crippen LogP contribution in [0.4, 0.5) is 0 Å². The number of methoxy groups -OCH3 is 1. The second kappa shape index (κ2) is 6.43. The fourth-order valence-electron chi connectivity index (χ4n) is 2.18. The molecule has 2 aromatic rings. The molecule has 0 saturated carbocycles. The van der Waals surface area contributed by atoms with Gasteiger partial charge in [0.05, 0.1) is 7.11 Å². The van der Waals surface area contributed by atoms with Gasteiger partial charge in [0.2, 0.25) is 5.91 Å². The highest BCUT2D eigenvalue weighted by atomic mass is 16.5. The largest absolute Gasteiger partial charge is 0.497 e. The monoisotopic (exact) mass is 288 g/mol. The maximum atomic E-state index is 12.0. The molecule has 0 atom stereocenters. The first kappa shape index (κ1) is 15.1. The summed E-state index contributed by atoms with van der Waals surface area (Å²) in [5.74, 6) is 0.688. The molecule has 1 aromatic carbocycles. The summed E-state index contributed by atoms with van der Waals surface area (Å²) in [5, 5.41) is 3.71. The van der Waals surface area contributed by atoms with Crippen molar-refractivity contribution in [3.63, 3.8) is 0 Å². The quantitative estimate of drug-likeness (QED) is 0.884. The minimum Gasteiger partial charge on any atom is -0.497 e. The van der Waals surface area contributed by atoms with Gasteiger partial charge in [-0.2, -0.15) is 0 Å². The summed E-state index contributed by atoms with van der Waals surface area (Å²) in [6.45, 7) is 3.82. The number of hydrogen-bond acceptors (Lipinski definition) is 3. The average molecular weight is 288 g/mol. The predicted molar refractivity (Wildman–Crippen MR) is 82.7 cm³/mol. The van der Waals surface area contributed by atoms with E-state index in [2.05, 4.69) is 10.3 Å². The molecule has 21 heavy (non-hydrogen) atoms. The van der Waals surface area contributed by atoms with E-state index in [1.807, 2.05) is 32.0 Å². The third kappa shape index (κ3) is 3.84. The van der Waals surface area contributed by atoms with Crippen LogP contribution in [0.2, 0.25) is 0 Å². The van der Waals surface area contributed by atoms with E-state index in [1.54, 1.807) is 13.2 Å². The number of benzene rings is 1. The first-order valence-electron chi connectivity index (χ1n) is 6.99. The van der Waals surface area contributed by atoms with Crippen LogP contribution in [-0.2, 0) is 11.2 Å². The van der Waals surface area contributed by atoms with Crippen LogP contribution in [0.25, 0.3) is 10.9 Å². The van der Waals surface area contributed by atoms with Crippen molar-refractivity contribution in [3.8, 4) is 5.75 Å². The number of ether oxygens (including phenoxy) is 1. The number of hydrogen-bond donors (Lipinski definition) is 2. The molecule has 112 valence electrons. The lowest BCUT2D eigenvalue weighted by molar-refractivity contribution is -0.121. The van der Waals surface area contributed by atoms with Gasteiger partial charge in [0, 0.05) is 28.9 Å². The summed E-state index contributed by atoms with van der Waals surface area (Å²) >= 11 is 0. The van der Waals surface area contributed by atoms with Gasteiger partial charge in [-0.05, 0) is 44.5 Å². The Morgan fingerprint density at radius 2 is 2.10 bits per heavy atom. The number of aryl methyl sites for hydroxylation is 1. The van der Waals surface area contributed by atoms with Crippen LogP contribution >= 0.6 is 0 Å². The minimum atomic E-state index is -0.148. The number of aromatic amines is 1. The number of pyridine rings is 1.